The van der Waals surface area contributed by atoms with E-state index >= 15 is 0 Å². The molecule has 0 radical (unpaired) electrons. The number of carbonyl (C=O) groups is 2. The van der Waals surface area contributed by atoms with E-state index in [9.17, 15) is 9.59 Å². The summed E-state index contributed by atoms with van der Waals surface area (Å²) in [6.45, 7) is 7.97. The number of benzene rings is 1. The van der Waals surface area contributed by atoms with Gasteiger partial charge in [0.2, 0.25) is 5.91 Å². The molecule has 0 fully saturated rings. The van der Waals surface area contributed by atoms with Crippen LogP contribution in [-0.2, 0) is 14.3 Å². The molecule has 0 aromatic heterocycles. The van der Waals surface area contributed by atoms with Crippen LogP contribution in [0.1, 0.15) is 34.1 Å². The summed E-state index contributed by atoms with van der Waals surface area (Å²) < 4.78 is 10.7. The molecule has 5 nitrogen and oxygen atoms in total. The van der Waals surface area contributed by atoms with E-state index in [0.717, 1.165) is 6.42 Å². The van der Waals surface area contributed by atoms with Crippen LogP contribution in [-0.4, -0.2) is 35.6 Å². The number of ether oxygens (including phenoxy) is 2. The summed E-state index contributed by atoms with van der Waals surface area (Å²) in [6, 6.07) is 7.27. The molecule has 1 rings (SSSR count). The maximum absolute atomic E-state index is 12.0. The smallest absolute Gasteiger partial charge is 0.319 e. The van der Waals surface area contributed by atoms with Crippen molar-refractivity contribution in [1.29, 1.82) is 0 Å². The van der Waals surface area contributed by atoms with Crippen LogP contribution in [0.2, 0.25) is 0 Å². The Bertz CT molecular complexity index is 521. The molecule has 23 heavy (non-hydrogen) atoms. The van der Waals surface area contributed by atoms with Crippen LogP contribution >= 0.6 is 11.8 Å². The number of para-hydroxylation sites is 2. The molecule has 1 N–H and O–H groups in total. The van der Waals surface area contributed by atoms with Crippen LogP contribution in [0.4, 0.5) is 5.69 Å². The molecule has 0 spiro atoms. The average Bonchev–Trinajstić information content (AvgIpc) is 2.54. The van der Waals surface area contributed by atoms with E-state index in [4.69, 9.17) is 9.47 Å². The molecule has 0 saturated heterocycles. The maximum Gasteiger partial charge on any atom is 0.319 e. The summed E-state index contributed by atoms with van der Waals surface area (Å²) in [5.74, 6) is 0.354. The third-order valence-corrected chi connectivity index (χ3v) is 4.27. The Morgan fingerprint density at radius 2 is 1.91 bits per heavy atom. The highest BCUT2D eigenvalue weighted by molar-refractivity contribution is 8.01. The number of hydrogen-bond acceptors (Lipinski definition) is 5. The monoisotopic (exact) mass is 339 g/mol. The van der Waals surface area contributed by atoms with Crippen molar-refractivity contribution >= 4 is 29.3 Å². The second-order valence-corrected chi connectivity index (χ2v) is 6.42. The minimum absolute atomic E-state index is 0.0996. The minimum atomic E-state index is -0.378. The molecular weight excluding hydrogens is 314 g/mol. The van der Waals surface area contributed by atoms with Gasteiger partial charge in [-0.15, -0.1) is 11.8 Å². The number of carbonyl (C=O) groups excluding carboxylic acids is 2. The molecule has 0 bridgehead atoms. The summed E-state index contributed by atoms with van der Waals surface area (Å²) in [5, 5.41) is 2.43. The van der Waals surface area contributed by atoms with Gasteiger partial charge in [-0.3, -0.25) is 9.59 Å². The molecule has 0 heterocycles. The number of anilines is 1. The van der Waals surface area contributed by atoms with E-state index < -0.39 is 0 Å². The molecule has 1 aromatic carbocycles. The van der Waals surface area contributed by atoms with Gasteiger partial charge in [-0.25, -0.2) is 0 Å². The van der Waals surface area contributed by atoms with Gasteiger partial charge in [-0.2, -0.15) is 0 Å². The lowest BCUT2D eigenvalue weighted by atomic mass is 10.3. The largest absolute Gasteiger partial charge is 0.492 e. The lowest BCUT2D eigenvalue weighted by Gasteiger charge is -2.15. The van der Waals surface area contributed by atoms with Gasteiger partial charge < -0.3 is 14.8 Å². The van der Waals surface area contributed by atoms with Gasteiger partial charge in [0.15, 0.2) is 0 Å². The third-order valence-electron chi connectivity index (χ3n) is 3.15. The Kier molecular flexibility index (Phi) is 8.55. The zero-order valence-electron chi connectivity index (χ0n) is 14.1. The Morgan fingerprint density at radius 1 is 1.22 bits per heavy atom. The van der Waals surface area contributed by atoms with Crippen molar-refractivity contribution in [2.45, 2.75) is 45.5 Å². The topological polar surface area (TPSA) is 64.6 Å². The molecule has 128 valence electrons. The lowest BCUT2D eigenvalue weighted by molar-refractivity contribution is -0.147. The van der Waals surface area contributed by atoms with Gasteiger partial charge in [-0.05, 0) is 39.3 Å². The van der Waals surface area contributed by atoms with Gasteiger partial charge in [0.05, 0.1) is 24.2 Å². The zero-order valence-corrected chi connectivity index (χ0v) is 14.9. The first-order valence-electron chi connectivity index (χ1n) is 7.81. The van der Waals surface area contributed by atoms with Crippen molar-refractivity contribution in [3.63, 3.8) is 0 Å². The molecule has 0 aliphatic heterocycles. The van der Waals surface area contributed by atoms with E-state index in [0.29, 0.717) is 18.0 Å². The molecule has 1 aromatic rings. The van der Waals surface area contributed by atoms with Crippen molar-refractivity contribution < 1.29 is 19.1 Å². The molecule has 2 unspecified atom stereocenters. The predicted molar refractivity (Wildman–Crippen MR) is 94.0 cm³/mol. The highest BCUT2D eigenvalue weighted by Gasteiger charge is 2.19. The molecule has 0 saturated carbocycles. The van der Waals surface area contributed by atoms with E-state index in [1.165, 1.54) is 11.8 Å². The first-order valence-corrected chi connectivity index (χ1v) is 8.86. The fraction of sp³-hybridized carbons (Fsp3) is 0.529. The number of nitrogens with one attached hydrogen (secondary N) is 1. The number of esters is 1. The first-order chi connectivity index (χ1) is 11.0. The van der Waals surface area contributed by atoms with E-state index in [1.54, 1.807) is 19.1 Å². The van der Waals surface area contributed by atoms with E-state index in [-0.39, 0.29) is 29.0 Å². The van der Waals surface area contributed by atoms with Gasteiger partial charge >= 0.3 is 5.97 Å². The highest BCUT2D eigenvalue weighted by Crippen LogP contribution is 2.24. The molecule has 0 aliphatic rings. The summed E-state index contributed by atoms with van der Waals surface area (Å²) in [4.78, 5) is 23.9. The van der Waals surface area contributed by atoms with Crippen LogP contribution in [0.15, 0.2) is 24.3 Å². The van der Waals surface area contributed by atoms with Crippen molar-refractivity contribution in [3.8, 4) is 5.75 Å². The summed E-state index contributed by atoms with van der Waals surface area (Å²) >= 11 is 1.26. The Morgan fingerprint density at radius 3 is 2.57 bits per heavy atom. The van der Waals surface area contributed by atoms with Crippen LogP contribution in [0.25, 0.3) is 0 Å². The fourth-order valence-corrected chi connectivity index (χ4v) is 2.35. The van der Waals surface area contributed by atoms with Gasteiger partial charge in [0.25, 0.3) is 0 Å². The van der Waals surface area contributed by atoms with Crippen molar-refractivity contribution in [2.24, 2.45) is 0 Å². The maximum atomic E-state index is 12.0. The highest BCUT2D eigenvalue weighted by atomic mass is 32.2. The normalized spacial score (nSPS) is 13.0. The molecule has 0 aliphatic carbocycles. The second kappa shape index (κ2) is 10.2. The molecule has 1 amide bonds. The van der Waals surface area contributed by atoms with E-state index in [1.807, 2.05) is 32.9 Å². The number of amides is 1. The summed E-state index contributed by atoms with van der Waals surface area (Å²) in [7, 11) is 0. The van der Waals surface area contributed by atoms with Gasteiger partial charge in [0, 0.05) is 0 Å². The Hall–Kier alpha value is -1.69. The third kappa shape index (κ3) is 6.95. The van der Waals surface area contributed by atoms with Crippen molar-refractivity contribution in [1.82, 2.24) is 0 Å². The second-order valence-electron chi connectivity index (χ2n) is 5.09. The summed E-state index contributed by atoms with van der Waals surface area (Å²) in [6.07, 6.45) is 0.676. The van der Waals surface area contributed by atoms with Crippen molar-refractivity contribution in [2.75, 3.05) is 17.7 Å². The van der Waals surface area contributed by atoms with Gasteiger partial charge in [-0.1, -0.05) is 19.1 Å². The zero-order chi connectivity index (χ0) is 17.2. The van der Waals surface area contributed by atoms with E-state index in [2.05, 4.69) is 5.32 Å². The standard InChI is InChI=1S/C17H25NO4S/c1-5-12(3)22-17(20)13(4)23-11-16(19)18-14-9-7-8-10-15(14)21-6-2/h7-10,12-13H,5-6,11H2,1-4H3,(H,18,19). The van der Waals surface area contributed by atoms with Crippen LogP contribution in [0, 0.1) is 0 Å². The van der Waals surface area contributed by atoms with Crippen LogP contribution in [0.5, 0.6) is 5.75 Å². The Balaban J connectivity index is 2.47. The molecular formula is C17H25NO4S. The predicted octanol–water partition coefficient (Wildman–Crippen LogP) is 3.49. The SMILES string of the molecule is CCOc1ccccc1NC(=O)CSC(C)C(=O)OC(C)CC. The Labute approximate surface area is 142 Å². The molecule has 2 atom stereocenters. The van der Waals surface area contributed by atoms with Crippen LogP contribution in [0.3, 0.4) is 0 Å². The summed E-state index contributed by atoms with van der Waals surface area (Å²) in [5.41, 5.74) is 0.634. The number of hydrogen-bond donors (Lipinski definition) is 1. The van der Waals surface area contributed by atoms with Gasteiger partial charge in [0.1, 0.15) is 11.0 Å². The average molecular weight is 339 g/mol. The lowest BCUT2D eigenvalue weighted by Crippen LogP contribution is -2.24. The van der Waals surface area contributed by atoms with Crippen LogP contribution < -0.4 is 10.1 Å². The van der Waals surface area contributed by atoms with Crippen molar-refractivity contribution in [3.05, 3.63) is 24.3 Å². The molecule has 6 heteroatoms. The quantitative estimate of drug-likeness (QED) is 0.698. The fourth-order valence-electron chi connectivity index (χ4n) is 1.68. The first kappa shape index (κ1) is 19.4. The number of thioether (sulfide) groups is 1. The number of rotatable bonds is 9. The minimum Gasteiger partial charge on any atom is -0.492 e.